The zero-order chi connectivity index (χ0) is 15.5. The van der Waals surface area contributed by atoms with Gasteiger partial charge in [0, 0.05) is 24.9 Å². The van der Waals surface area contributed by atoms with Crippen molar-refractivity contribution in [3.05, 3.63) is 52.3 Å². The summed E-state index contributed by atoms with van der Waals surface area (Å²) in [4.78, 5) is 10.3. The van der Waals surface area contributed by atoms with Gasteiger partial charge in [0.15, 0.2) is 0 Å². The summed E-state index contributed by atoms with van der Waals surface area (Å²) in [6.07, 6.45) is 4.38. The van der Waals surface area contributed by atoms with Crippen LogP contribution in [-0.2, 0) is 13.0 Å². The van der Waals surface area contributed by atoms with Crippen molar-refractivity contribution in [3.63, 3.8) is 0 Å². The molecule has 2 aromatic rings. The molecule has 2 rings (SSSR count). The highest BCUT2D eigenvalue weighted by atomic mass is 16.6. The second-order valence-corrected chi connectivity index (χ2v) is 6.32. The summed E-state index contributed by atoms with van der Waals surface area (Å²) in [7, 11) is 0. The van der Waals surface area contributed by atoms with Crippen LogP contribution in [0.3, 0.4) is 0 Å². The van der Waals surface area contributed by atoms with Gasteiger partial charge in [-0.15, -0.1) is 5.10 Å². The highest BCUT2D eigenvalue weighted by Gasteiger charge is 2.25. The van der Waals surface area contributed by atoms with Crippen molar-refractivity contribution in [2.24, 2.45) is 11.3 Å². The van der Waals surface area contributed by atoms with E-state index < -0.39 is 0 Å². The molecule has 0 aliphatic rings. The van der Waals surface area contributed by atoms with E-state index in [4.69, 9.17) is 0 Å². The van der Waals surface area contributed by atoms with Gasteiger partial charge in [-0.05, 0) is 23.3 Å². The lowest BCUT2D eigenvalue weighted by atomic mass is 9.77. The van der Waals surface area contributed by atoms with Crippen LogP contribution in [0, 0.1) is 21.4 Å². The molecule has 0 amide bonds. The Morgan fingerprint density at radius 1 is 1.29 bits per heavy atom. The monoisotopic (exact) mass is 288 g/mol. The molecule has 0 aliphatic heterocycles. The van der Waals surface area contributed by atoms with Gasteiger partial charge in [0.1, 0.15) is 0 Å². The highest BCUT2D eigenvalue weighted by molar-refractivity contribution is 5.33. The Bertz CT molecular complexity index is 585. The molecule has 112 valence electrons. The Kier molecular flexibility index (Phi) is 4.35. The van der Waals surface area contributed by atoms with Crippen LogP contribution >= 0.6 is 0 Å². The largest absolute Gasteiger partial charge is 0.269 e. The van der Waals surface area contributed by atoms with E-state index in [9.17, 15) is 10.1 Å². The summed E-state index contributed by atoms with van der Waals surface area (Å²) in [5.41, 5.74) is 1.33. The molecule has 0 radical (unpaired) electrons. The van der Waals surface area contributed by atoms with Gasteiger partial charge >= 0.3 is 0 Å². The number of nitrogens with zero attached hydrogens (tertiary/aromatic N) is 4. The predicted molar refractivity (Wildman–Crippen MR) is 79.8 cm³/mol. The first kappa shape index (κ1) is 15.2. The van der Waals surface area contributed by atoms with Crippen molar-refractivity contribution >= 4 is 5.69 Å². The molecular weight excluding hydrogens is 268 g/mol. The molecule has 0 saturated heterocycles. The molecule has 0 saturated carbocycles. The fourth-order valence-electron chi connectivity index (χ4n) is 2.24. The van der Waals surface area contributed by atoms with E-state index >= 15 is 0 Å². The number of nitro groups is 1. The first-order valence-corrected chi connectivity index (χ1v) is 6.93. The smallest absolute Gasteiger partial charge is 0.258 e. The summed E-state index contributed by atoms with van der Waals surface area (Å²) in [5, 5.41) is 18.6. The van der Waals surface area contributed by atoms with E-state index in [-0.39, 0.29) is 16.0 Å². The van der Waals surface area contributed by atoms with Gasteiger partial charge in [-0.2, -0.15) is 0 Å². The summed E-state index contributed by atoms with van der Waals surface area (Å²) in [6.45, 7) is 7.36. The van der Waals surface area contributed by atoms with E-state index in [1.807, 2.05) is 23.0 Å². The lowest BCUT2D eigenvalue weighted by Crippen LogP contribution is -2.27. The fraction of sp³-hybridized carbons (Fsp3) is 0.467. The van der Waals surface area contributed by atoms with E-state index in [1.54, 1.807) is 18.3 Å². The molecule has 1 aromatic heterocycles. The first-order valence-electron chi connectivity index (χ1n) is 6.93. The Balaban J connectivity index is 2.13. The average Bonchev–Trinajstić information content (AvgIpc) is 2.90. The minimum absolute atomic E-state index is 0.105. The molecule has 0 spiro atoms. The molecule has 1 aromatic carbocycles. The molecule has 1 unspecified atom stereocenters. The minimum atomic E-state index is -0.375. The van der Waals surface area contributed by atoms with Crippen LogP contribution in [0.25, 0.3) is 0 Å². The SMILES string of the molecule is CC(C)(C)C(Cc1ccc([N+](=O)[O-])cc1)Cn1ccnn1. The molecule has 6 heteroatoms. The second kappa shape index (κ2) is 6.03. The van der Waals surface area contributed by atoms with Crippen LogP contribution in [0.5, 0.6) is 0 Å². The molecule has 1 atom stereocenters. The van der Waals surface area contributed by atoms with Crippen LogP contribution < -0.4 is 0 Å². The number of benzene rings is 1. The molecule has 21 heavy (non-hydrogen) atoms. The lowest BCUT2D eigenvalue weighted by Gasteiger charge is -2.30. The Morgan fingerprint density at radius 3 is 2.43 bits per heavy atom. The third-order valence-corrected chi connectivity index (χ3v) is 3.73. The number of rotatable bonds is 5. The third-order valence-electron chi connectivity index (χ3n) is 3.73. The quantitative estimate of drug-likeness (QED) is 0.626. The van der Waals surface area contributed by atoms with Crippen molar-refractivity contribution < 1.29 is 4.92 Å². The van der Waals surface area contributed by atoms with E-state index in [1.165, 1.54) is 0 Å². The molecule has 0 bridgehead atoms. The topological polar surface area (TPSA) is 73.8 Å². The van der Waals surface area contributed by atoms with Crippen LogP contribution in [0.4, 0.5) is 5.69 Å². The maximum Gasteiger partial charge on any atom is 0.269 e. The summed E-state index contributed by atoms with van der Waals surface area (Å²) in [5.74, 6) is 0.362. The standard InChI is InChI=1S/C15H20N4O2/c1-15(2,3)13(11-18-9-8-16-17-18)10-12-4-6-14(7-5-12)19(20)21/h4-9,13H,10-11H2,1-3H3. The van der Waals surface area contributed by atoms with Crippen LogP contribution in [-0.4, -0.2) is 19.9 Å². The molecule has 1 heterocycles. The maximum absolute atomic E-state index is 10.7. The number of non-ortho nitro benzene ring substituents is 1. The van der Waals surface area contributed by atoms with Crippen molar-refractivity contribution in [2.75, 3.05) is 0 Å². The lowest BCUT2D eigenvalue weighted by molar-refractivity contribution is -0.384. The van der Waals surface area contributed by atoms with E-state index in [0.29, 0.717) is 5.92 Å². The first-order chi connectivity index (χ1) is 9.86. The number of aromatic nitrogens is 3. The highest BCUT2D eigenvalue weighted by Crippen LogP contribution is 2.30. The van der Waals surface area contributed by atoms with Crippen LogP contribution in [0.2, 0.25) is 0 Å². The number of nitro benzene ring substituents is 1. The van der Waals surface area contributed by atoms with E-state index in [0.717, 1.165) is 18.5 Å². The predicted octanol–water partition coefficient (Wildman–Crippen LogP) is 3.09. The van der Waals surface area contributed by atoms with Gasteiger partial charge in [-0.1, -0.05) is 38.1 Å². The average molecular weight is 288 g/mol. The molecule has 0 N–H and O–H groups in total. The fourth-order valence-corrected chi connectivity index (χ4v) is 2.24. The molecular formula is C15H20N4O2. The second-order valence-electron chi connectivity index (χ2n) is 6.32. The van der Waals surface area contributed by atoms with Crippen LogP contribution in [0.1, 0.15) is 26.3 Å². The Labute approximate surface area is 123 Å². The summed E-state index contributed by atoms with van der Waals surface area (Å²) in [6, 6.07) is 6.78. The molecule has 0 aliphatic carbocycles. The van der Waals surface area contributed by atoms with Gasteiger partial charge in [-0.3, -0.25) is 14.8 Å². The zero-order valence-electron chi connectivity index (χ0n) is 12.6. The molecule has 0 fully saturated rings. The van der Waals surface area contributed by atoms with Gasteiger partial charge in [0.25, 0.3) is 5.69 Å². The summed E-state index contributed by atoms with van der Waals surface area (Å²) >= 11 is 0. The normalized spacial score (nSPS) is 13.1. The number of hydrogen-bond donors (Lipinski definition) is 0. The third kappa shape index (κ3) is 4.11. The van der Waals surface area contributed by atoms with Gasteiger partial charge in [-0.25, -0.2) is 0 Å². The van der Waals surface area contributed by atoms with Crippen molar-refractivity contribution in [2.45, 2.75) is 33.7 Å². The Morgan fingerprint density at radius 2 is 1.95 bits per heavy atom. The van der Waals surface area contributed by atoms with Crippen molar-refractivity contribution in [1.29, 1.82) is 0 Å². The van der Waals surface area contributed by atoms with E-state index in [2.05, 4.69) is 31.1 Å². The van der Waals surface area contributed by atoms with Crippen molar-refractivity contribution in [1.82, 2.24) is 15.0 Å². The minimum Gasteiger partial charge on any atom is -0.258 e. The Hall–Kier alpha value is -2.24. The van der Waals surface area contributed by atoms with Crippen molar-refractivity contribution in [3.8, 4) is 0 Å². The molecule has 6 nitrogen and oxygen atoms in total. The van der Waals surface area contributed by atoms with Gasteiger partial charge < -0.3 is 0 Å². The van der Waals surface area contributed by atoms with Gasteiger partial charge in [0.05, 0.1) is 11.1 Å². The maximum atomic E-state index is 10.7. The zero-order valence-corrected chi connectivity index (χ0v) is 12.6. The number of hydrogen-bond acceptors (Lipinski definition) is 4. The van der Waals surface area contributed by atoms with Crippen LogP contribution in [0.15, 0.2) is 36.7 Å². The summed E-state index contributed by atoms with van der Waals surface area (Å²) < 4.78 is 1.83. The van der Waals surface area contributed by atoms with Gasteiger partial charge in [0.2, 0.25) is 0 Å².